The maximum atomic E-state index is 12.8. The fraction of sp³-hybridized carbons (Fsp3) is 0.529. The normalized spacial score (nSPS) is 19.8. The van der Waals surface area contributed by atoms with Crippen molar-refractivity contribution < 1.29 is 19.1 Å². The minimum atomic E-state index is -0.680. The molecule has 1 aromatic heterocycles. The summed E-state index contributed by atoms with van der Waals surface area (Å²) >= 11 is 1.39. The van der Waals surface area contributed by atoms with Gasteiger partial charge in [-0.15, -0.1) is 17.9 Å². The Kier molecular flexibility index (Phi) is 7.28. The molecule has 0 bridgehead atoms. The number of ether oxygens (including phenoxy) is 1. The van der Waals surface area contributed by atoms with Crippen LogP contribution in [0.1, 0.15) is 34.8 Å². The number of carbonyl (C=O) groups is 3. The maximum Gasteiger partial charge on any atom is 0.274 e. The zero-order valence-electron chi connectivity index (χ0n) is 14.8. The molecule has 26 heavy (non-hydrogen) atoms. The van der Waals surface area contributed by atoms with Gasteiger partial charge in [-0.1, -0.05) is 6.08 Å². The summed E-state index contributed by atoms with van der Waals surface area (Å²) in [6, 6.07) is -0.680. The van der Waals surface area contributed by atoms with Gasteiger partial charge in [-0.3, -0.25) is 14.4 Å². The summed E-state index contributed by atoms with van der Waals surface area (Å²) in [6.45, 7) is 6.37. The van der Waals surface area contributed by atoms with Crippen molar-refractivity contribution in [3.05, 3.63) is 28.7 Å². The fourth-order valence-electron chi connectivity index (χ4n) is 2.82. The topological polar surface area (TPSA) is 115 Å². The van der Waals surface area contributed by atoms with E-state index in [1.54, 1.807) is 11.5 Å². The van der Waals surface area contributed by atoms with E-state index in [1.807, 2.05) is 6.92 Å². The van der Waals surface area contributed by atoms with Crippen LogP contribution in [0.15, 0.2) is 18.0 Å². The molecule has 1 saturated heterocycles. The Morgan fingerprint density at radius 2 is 2.31 bits per heavy atom. The summed E-state index contributed by atoms with van der Waals surface area (Å²) in [5, 5.41) is 5.16. The van der Waals surface area contributed by atoms with Crippen molar-refractivity contribution in [3.63, 3.8) is 0 Å². The molecule has 0 radical (unpaired) electrons. The average molecular weight is 380 g/mol. The first kappa shape index (κ1) is 20.1. The SMILES string of the molecule is C=CCOC1CCN(C(=O)c2csc(C)n2)C(C(=O)NCCC(N)=O)C1. The van der Waals surface area contributed by atoms with Gasteiger partial charge in [-0.25, -0.2) is 4.98 Å². The summed E-state index contributed by atoms with van der Waals surface area (Å²) in [5.74, 6) is -1.09. The number of carbonyl (C=O) groups excluding carboxylic acids is 3. The smallest absolute Gasteiger partial charge is 0.274 e. The van der Waals surface area contributed by atoms with E-state index in [0.29, 0.717) is 31.7 Å². The third-order valence-corrected chi connectivity index (χ3v) is 4.85. The van der Waals surface area contributed by atoms with Crippen molar-refractivity contribution in [2.75, 3.05) is 19.7 Å². The van der Waals surface area contributed by atoms with Gasteiger partial charge in [0.15, 0.2) is 0 Å². The zero-order chi connectivity index (χ0) is 19.1. The number of likely N-dealkylation sites (tertiary alicyclic amines) is 1. The monoisotopic (exact) mass is 380 g/mol. The molecule has 1 aliphatic heterocycles. The molecule has 0 spiro atoms. The number of aryl methyl sites for hydroxylation is 1. The van der Waals surface area contributed by atoms with Crippen LogP contribution < -0.4 is 11.1 Å². The van der Waals surface area contributed by atoms with E-state index in [0.717, 1.165) is 5.01 Å². The molecular weight excluding hydrogens is 356 g/mol. The molecule has 8 nitrogen and oxygen atoms in total. The fourth-order valence-corrected chi connectivity index (χ4v) is 3.40. The number of aromatic nitrogens is 1. The molecule has 142 valence electrons. The van der Waals surface area contributed by atoms with Gasteiger partial charge in [0.05, 0.1) is 17.7 Å². The highest BCUT2D eigenvalue weighted by Crippen LogP contribution is 2.23. The number of nitrogens with one attached hydrogen (secondary N) is 1. The Hall–Kier alpha value is -2.26. The second-order valence-electron chi connectivity index (χ2n) is 6.04. The van der Waals surface area contributed by atoms with E-state index >= 15 is 0 Å². The van der Waals surface area contributed by atoms with E-state index < -0.39 is 11.9 Å². The summed E-state index contributed by atoms with van der Waals surface area (Å²) in [6.07, 6.45) is 2.57. The molecule has 2 unspecified atom stereocenters. The van der Waals surface area contributed by atoms with Crippen LogP contribution in [-0.2, 0) is 14.3 Å². The maximum absolute atomic E-state index is 12.8. The lowest BCUT2D eigenvalue weighted by molar-refractivity contribution is -0.129. The van der Waals surface area contributed by atoms with E-state index in [2.05, 4.69) is 16.9 Å². The number of amides is 3. The van der Waals surface area contributed by atoms with Gasteiger partial charge >= 0.3 is 0 Å². The number of nitrogens with two attached hydrogens (primary N) is 1. The molecular formula is C17H24N4O4S. The first-order chi connectivity index (χ1) is 12.4. The largest absolute Gasteiger partial charge is 0.374 e. The lowest BCUT2D eigenvalue weighted by Gasteiger charge is -2.38. The second-order valence-corrected chi connectivity index (χ2v) is 7.10. The number of hydrogen-bond donors (Lipinski definition) is 2. The molecule has 0 saturated carbocycles. The number of thiazole rings is 1. The number of piperidine rings is 1. The molecule has 3 N–H and O–H groups in total. The summed E-state index contributed by atoms with van der Waals surface area (Å²) in [4.78, 5) is 42.0. The van der Waals surface area contributed by atoms with Gasteiger partial charge in [-0.05, 0) is 13.3 Å². The second kappa shape index (κ2) is 9.44. The van der Waals surface area contributed by atoms with Gasteiger partial charge in [-0.2, -0.15) is 0 Å². The molecule has 2 rings (SSSR count). The summed E-state index contributed by atoms with van der Waals surface area (Å²) in [5.41, 5.74) is 5.44. The molecule has 0 aliphatic carbocycles. The predicted octanol–water partition coefficient (Wildman–Crippen LogP) is 0.619. The Balaban J connectivity index is 2.10. The van der Waals surface area contributed by atoms with E-state index in [4.69, 9.17) is 10.5 Å². The quantitative estimate of drug-likeness (QED) is 0.642. The van der Waals surface area contributed by atoms with Crippen molar-refractivity contribution in [1.82, 2.24) is 15.2 Å². The van der Waals surface area contributed by atoms with Crippen LogP contribution in [0.4, 0.5) is 0 Å². The molecule has 1 fully saturated rings. The minimum Gasteiger partial charge on any atom is -0.374 e. The molecule has 1 aliphatic rings. The molecule has 1 aromatic rings. The zero-order valence-corrected chi connectivity index (χ0v) is 15.6. The first-order valence-corrected chi connectivity index (χ1v) is 9.32. The van der Waals surface area contributed by atoms with Gasteiger partial charge in [0, 0.05) is 31.3 Å². The Morgan fingerprint density at radius 1 is 1.54 bits per heavy atom. The lowest BCUT2D eigenvalue weighted by Crippen LogP contribution is -2.55. The van der Waals surface area contributed by atoms with Crippen LogP contribution in [0.2, 0.25) is 0 Å². The highest BCUT2D eigenvalue weighted by Gasteiger charge is 2.37. The van der Waals surface area contributed by atoms with Gasteiger partial charge in [0.2, 0.25) is 11.8 Å². The summed E-state index contributed by atoms with van der Waals surface area (Å²) in [7, 11) is 0. The molecule has 3 amide bonds. The van der Waals surface area contributed by atoms with Crippen molar-refractivity contribution in [2.45, 2.75) is 38.3 Å². The van der Waals surface area contributed by atoms with Crippen LogP contribution >= 0.6 is 11.3 Å². The third-order valence-electron chi connectivity index (χ3n) is 4.08. The van der Waals surface area contributed by atoms with Crippen LogP contribution in [0, 0.1) is 6.92 Å². The van der Waals surface area contributed by atoms with Crippen molar-refractivity contribution in [3.8, 4) is 0 Å². The average Bonchev–Trinajstić information content (AvgIpc) is 3.05. The Bertz CT molecular complexity index is 675. The molecule has 0 aromatic carbocycles. The number of rotatable bonds is 8. The van der Waals surface area contributed by atoms with Crippen LogP contribution in [0.3, 0.4) is 0 Å². The van der Waals surface area contributed by atoms with E-state index in [1.165, 1.54) is 16.2 Å². The standard InChI is InChI=1S/C17H24N4O4S/c1-3-8-25-12-5-7-21(17(24)13-10-26-11(2)20-13)14(9-12)16(23)19-6-4-15(18)22/h3,10,12,14H,1,4-9H2,2H3,(H2,18,22)(H,19,23). The number of hydrogen-bond acceptors (Lipinski definition) is 6. The number of nitrogens with zero attached hydrogens (tertiary/aromatic N) is 2. The van der Waals surface area contributed by atoms with Crippen molar-refractivity contribution >= 4 is 29.1 Å². The van der Waals surface area contributed by atoms with Gasteiger partial charge < -0.3 is 20.7 Å². The molecule has 2 heterocycles. The Morgan fingerprint density at radius 3 is 2.92 bits per heavy atom. The first-order valence-electron chi connectivity index (χ1n) is 8.44. The van der Waals surface area contributed by atoms with Gasteiger partial charge in [0.1, 0.15) is 11.7 Å². The van der Waals surface area contributed by atoms with E-state index in [-0.39, 0.29) is 30.9 Å². The molecule has 2 atom stereocenters. The summed E-state index contributed by atoms with van der Waals surface area (Å²) < 4.78 is 5.67. The van der Waals surface area contributed by atoms with Crippen LogP contribution in [0.5, 0.6) is 0 Å². The highest BCUT2D eigenvalue weighted by atomic mass is 32.1. The minimum absolute atomic E-state index is 0.0497. The van der Waals surface area contributed by atoms with E-state index in [9.17, 15) is 14.4 Å². The molecule has 9 heteroatoms. The van der Waals surface area contributed by atoms with Crippen molar-refractivity contribution in [2.24, 2.45) is 5.73 Å². The van der Waals surface area contributed by atoms with Crippen molar-refractivity contribution in [1.29, 1.82) is 0 Å². The Labute approximate surface area is 156 Å². The van der Waals surface area contributed by atoms with Gasteiger partial charge in [0.25, 0.3) is 5.91 Å². The third kappa shape index (κ3) is 5.37. The van der Waals surface area contributed by atoms with Crippen LogP contribution in [-0.4, -0.2) is 59.4 Å². The van der Waals surface area contributed by atoms with Crippen LogP contribution in [0.25, 0.3) is 0 Å². The lowest BCUT2D eigenvalue weighted by atomic mass is 9.98. The highest BCUT2D eigenvalue weighted by molar-refractivity contribution is 7.09. The predicted molar refractivity (Wildman–Crippen MR) is 97.7 cm³/mol. The number of primary amides is 1.